The molecular weight excluding hydrogens is 608 g/mol. The quantitative estimate of drug-likeness (QED) is 0.0924. The van der Waals surface area contributed by atoms with Gasteiger partial charge in [0.25, 0.3) is 0 Å². The van der Waals surface area contributed by atoms with E-state index >= 15 is 0 Å². The van der Waals surface area contributed by atoms with Gasteiger partial charge in [-0.3, -0.25) is 0 Å². The first-order chi connectivity index (χ1) is 14.9. The smallest absolute Gasteiger partial charge is 0.160 e. The van der Waals surface area contributed by atoms with Crippen molar-refractivity contribution in [3.63, 3.8) is 0 Å². The van der Waals surface area contributed by atoms with Crippen molar-refractivity contribution in [2.75, 3.05) is 11.5 Å². The summed E-state index contributed by atoms with van der Waals surface area (Å²) in [5.41, 5.74) is -4.56. The molecule has 0 saturated heterocycles. The highest BCUT2D eigenvalue weighted by Crippen LogP contribution is 3.29. The summed E-state index contributed by atoms with van der Waals surface area (Å²) in [5.74, 6) is 1.06. The Kier molecular flexibility index (Phi) is 14.9. The second-order valence-corrected chi connectivity index (χ2v) is 40.9. The molecule has 12 heteroatoms. The molecule has 0 aliphatic heterocycles. The molecule has 0 aromatic heterocycles. The van der Waals surface area contributed by atoms with Crippen LogP contribution in [0.4, 0.5) is 13.2 Å². The van der Waals surface area contributed by atoms with E-state index in [2.05, 4.69) is 13.8 Å². The molecule has 1 unspecified atom stereocenters. The number of halogens is 6. The third kappa shape index (κ3) is 9.78. The highest BCUT2D eigenvalue weighted by Gasteiger charge is 2.80. The number of hydrogen-bond acceptors (Lipinski definition) is 5. The van der Waals surface area contributed by atoms with Crippen LogP contribution < -0.4 is 0 Å². The van der Waals surface area contributed by atoms with Crippen LogP contribution in [0.15, 0.2) is 0 Å². The summed E-state index contributed by atoms with van der Waals surface area (Å²) < 4.78 is 36.5. The van der Waals surface area contributed by atoms with Crippen molar-refractivity contribution in [2.45, 2.75) is 118 Å². The maximum atomic E-state index is 14.7. The van der Waals surface area contributed by atoms with E-state index in [1.165, 1.54) is 43.2 Å². The molecule has 0 amide bonds. The maximum absolute atomic E-state index is 14.7. The van der Waals surface area contributed by atoms with Crippen molar-refractivity contribution in [2.24, 2.45) is 0 Å². The molecule has 0 aromatic rings. The second-order valence-electron chi connectivity index (χ2n) is 8.99. The van der Waals surface area contributed by atoms with Gasteiger partial charge in [-0.2, -0.15) is 13.2 Å². The van der Waals surface area contributed by atoms with E-state index in [1.807, 2.05) is 34.6 Å². The van der Waals surface area contributed by atoms with Gasteiger partial charge in [-0.25, -0.2) is 0 Å². The molecular formula is C21H42Cl3F3S6. The Bertz CT molecular complexity index is 577. The van der Waals surface area contributed by atoms with Crippen LogP contribution in [0.25, 0.3) is 0 Å². The zero-order valence-corrected chi connectivity index (χ0v) is 28.0. The fourth-order valence-electron chi connectivity index (χ4n) is 3.03. The Balaban J connectivity index is 7.21. The van der Waals surface area contributed by atoms with E-state index in [4.69, 9.17) is 34.8 Å². The van der Waals surface area contributed by atoms with Crippen molar-refractivity contribution >= 4 is 92.2 Å². The van der Waals surface area contributed by atoms with Crippen molar-refractivity contribution in [1.29, 1.82) is 0 Å². The third-order valence-corrected chi connectivity index (χ3v) is 46.3. The molecule has 0 fully saturated rings. The van der Waals surface area contributed by atoms with E-state index in [1.54, 1.807) is 0 Å². The molecule has 0 N–H and O–H groups in total. The molecule has 0 aliphatic rings. The molecule has 204 valence electrons. The fraction of sp³-hybridized carbons (Fsp3) is 1.00. The largest absolute Gasteiger partial charge is 0.452 e. The van der Waals surface area contributed by atoms with Crippen LogP contribution in [0, 0.1) is 0 Å². The molecule has 0 rings (SSSR count). The fourth-order valence-corrected chi connectivity index (χ4v) is 50.0. The Labute approximate surface area is 233 Å². The lowest BCUT2D eigenvalue weighted by Gasteiger charge is -2.79. The summed E-state index contributed by atoms with van der Waals surface area (Å²) in [5, 5.41) is -0.103. The number of unbranched alkanes of at least 4 members (excludes halogenated alkanes) is 5. The van der Waals surface area contributed by atoms with Gasteiger partial charge in [-0.1, -0.05) is 159 Å². The van der Waals surface area contributed by atoms with Gasteiger partial charge in [-0.15, -0.1) is 0 Å². The summed E-state index contributed by atoms with van der Waals surface area (Å²) >= 11 is 20.7. The van der Waals surface area contributed by atoms with Gasteiger partial charge in [0.1, 0.15) is 0 Å². The average molecular weight is 650 g/mol. The van der Waals surface area contributed by atoms with Crippen LogP contribution in [0.5, 0.6) is 0 Å². The van der Waals surface area contributed by atoms with Gasteiger partial charge >= 0.3 is 5.51 Å². The summed E-state index contributed by atoms with van der Waals surface area (Å²) in [4.78, 5) is 0. The monoisotopic (exact) mass is 648 g/mol. The Morgan fingerprint density at radius 2 is 1.21 bits per heavy atom. The predicted octanol–water partition coefficient (Wildman–Crippen LogP) is 13.3. The molecule has 0 radical (unpaired) electrons. The SMILES string of the molecule is CCCCCCSS(SCCCCC)(SC(C)CC)(SC(C)(C)C)(SC(F)(F)F)C(Cl)(Cl)Cl. The first-order valence-electron chi connectivity index (χ1n) is 11.5. The highest BCUT2D eigenvalue weighted by molar-refractivity contribution is 9.98. The lowest BCUT2D eigenvalue weighted by atomic mass is 10.2. The van der Waals surface area contributed by atoms with Crippen LogP contribution >= 0.6 is 92.2 Å². The predicted molar refractivity (Wildman–Crippen MR) is 165 cm³/mol. The van der Waals surface area contributed by atoms with E-state index in [9.17, 15) is 13.2 Å². The summed E-state index contributed by atoms with van der Waals surface area (Å²) in [6.07, 6.45) is 7.27. The number of hydrogen-bond donors (Lipinski definition) is 0. The van der Waals surface area contributed by atoms with Gasteiger partial charge in [0.15, 0.2) is 0 Å². The Morgan fingerprint density at radius 3 is 1.58 bits per heavy atom. The van der Waals surface area contributed by atoms with E-state index in [0.29, 0.717) is 17.9 Å². The highest BCUT2D eigenvalue weighted by atomic mass is 35.6. The summed E-state index contributed by atoms with van der Waals surface area (Å²) in [6, 6.07) is 0. The van der Waals surface area contributed by atoms with Gasteiger partial charge < -0.3 is 0 Å². The molecule has 1 atom stereocenters. The first kappa shape index (κ1) is 35.8. The van der Waals surface area contributed by atoms with Crippen molar-refractivity contribution < 1.29 is 13.2 Å². The lowest BCUT2D eigenvalue weighted by Crippen LogP contribution is -2.39. The standard InChI is InChI=1S/C21H42Cl3F3S6/c1-8-11-13-15-17-29-33(20(22,23)24,30-18(4)10-3,31-19(5,6)7,32-21(25,26)27)28-16-14-12-9-2/h18H,8-17H2,1-7H3. The maximum Gasteiger partial charge on any atom is 0.452 e. The molecule has 0 bridgehead atoms. The molecule has 0 spiro atoms. The van der Waals surface area contributed by atoms with Crippen molar-refractivity contribution in [3.05, 3.63) is 0 Å². The van der Waals surface area contributed by atoms with Gasteiger partial charge in [0.05, 0.1) is 0 Å². The van der Waals surface area contributed by atoms with Gasteiger partial charge in [0.2, 0.25) is 3.12 Å². The zero-order chi connectivity index (χ0) is 26.1. The zero-order valence-electron chi connectivity index (χ0n) is 20.9. The van der Waals surface area contributed by atoms with E-state index in [-0.39, 0.29) is 16.0 Å². The average Bonchev–Trinajstić information content (AvgIpc) is 2.62. The summed E-state index contributed by atoms with van der Waals surface area (Å²) in [6.45, 7) is 14.0. The Hall–Kier alpha value is 2.76. The minimum Gasteiger partial charge on any atom is -0.160 e. The molecule has 0 nitrogen and oxygen atoms in total. The molecule has 0 heterocycles. The van der Waals surface area contributed by atoms with Crippen molar-refractivity contribution in [3.8, 4) is 0 Å². The Morgan fingerprint density at radius 1 is 0.758 bits per heavy atom. The van der Waals surface area contributed by atoms with Crippen LogP contribution in [0.3, 0.4) is 0 Å². The van der Waals surface area contributed by atoms with Crippen LogP contribution in [0.1, 0.15) is 99.8 Å². The number of rotatable bonds is 16. The first-order valence-corrected chi connectivity index (χ1v) is 22.2. The van der Waals surface area contributed by atoms with Gasteiger partial charge in [0, 0.05) is 32.3 Å². The van der Waals surface area contributed by atoms with E-state index in [0.717, 1.165) is 44.9 Å². The van der Waals surface area contributed by atoms with Crippen LogP contribution in [-0.4, -0.2) is 30.1 Å². The minimum atomic E-state index is -4.81. The lowest BCUT2D eigenvalue weighted by molar-refractivity contribution is -0.0311. The normalized spacial score (nSPS) is 17.0. The van der Waals surface area contributed by atoms with Crippen LogP contribution in [0.2, 0.25) is 0 Å². The van der Waals surface area contributed by atoms with E-state index < -0.39 is 16.8 Å². The minimum absolute atomic E-state index is 0.0176. The summed E-state index contributed by atoms with van der Waals surface area (Å²) in [7, 11) is 5.30. The van der Waals surface area contributed by atoms with Crippen LogP contribution in [-0.2, 0) is 0 Å². The van der Waals surface area contributed by atoms with Crippen molar-refractivity contribution in [1.82, 2.24) is 0 Å². The third-order valence-electron chi connectivity index (χ3n) is 4.53. The second kappa shape index (κ2) is 13.7. The topological polar surface area (TPSA) is 0 Å². The molecule has 0 saturated carbocycles. The molecule has 0 aromatic carbocycles. The van der Waals surface area contributed by atoms with Gasteiger partial charge in [-0.05, 0) is 22.7 Å². The molecule has 33 heavy (non-hydrogen) atoms. The number of alkyl halides is 6. The molecule has 0 aliphatic carbocycles.